The van der Waals surface area contributed by atoms with Crippen LogP contribution in [0, 0.1) is 6.92 Å². The molecule has 0 aliphatic carbocycles. The van der Waals surface area contributed by atoms with Crippen LogP contribution in [0.3, 0.4) is 0 Å². The van der Waals surface area contributed by atoms with Crippen LogP contribution in [-0.4, -0.2) is 11.8 Å². The van der Waals surface area contributed by atoms with Crippen molar-refractivity contribution in [1.29, 1.82) is 0 Å². The molecule has 0 aromatic heterocycles. The number of hydrogen-bond donors (Lipinski definition) is 1. The summed E-state index contributed by atoms with van der Waals surface area (Å²) in [5, 5.41) is 0. The largest absolute Gasteiger partial charge is 0.321 e. The summed E-state index contributed by atoms with van der Waals surface area (Å²) in [6, 6.07) is 7.63. The fourth-order valence-electron chi connectivity index (χ4n) is 1.22. The number of carbonyl (C=O) groups excluding carboxylic acids is 1. The minimum absolute atomic E-state index is 0.0447. The lowest BCUT2D eigenvalue weighted by molar-refractivity contribution is -0.118. The van der Waals surface area contributed by atoms with E-state index in [1.165, 1.54) is 12.5 Å². The van der Waals surface area contributed by atoms with Crippen LogP contribution in [0.5, 0.6) is 0 Å². The molecule has 13 heavy (non-hydrogen) atoms. The first-order valence-electron chi connectivity index (χ1n) is 4.42. The van der Waals surface area contributed by atoms with Crippen molar-refractivity contribution in [3.05, 3.63) is 35.4 Å². The average Bonchev–Trinajstić information content (AvgIpc) is 2.08. The summed E-state index contributed by atoms with van der Waals surface area (Å²) in [6.45, 7) is 3.56. The van der Waals surface area contributed by atoms with Crippen LogP contribution >= 0.6 is 0 Å². The van der Waals surface area contributed by atoms with Gasteiger partial charge in [-0.05, 0) is 31.4 Å². The van der Waals surface area contributed by atoms with Crippen LogP contribution in [0.1, 0.15) is 18.1 Å². The zero-order valence-electron chi connectivity index (χ0n) is 8.08. The number of benzene rings is 1. The number of Topliss-reactive ketones (excluding diaryl/α,β-unsaturated/α-hetero) is 1. The van der Waals surface area contributed by atoms with E-state index in [2.05, 4.69) is 0 Å². The molecule has 0 aliphatic heterocycles. The van der Waals surface area contributed by atoms with Crippen molar-refractivity contribution >= 4 is 5.78 Å². The number of rotatable bonds is 3. The maximum absolute atomic E-state index is 10.9. The van der Waals surface area contributed by atoms with Gasteiger partial charge in [0, 0.05) is 0 Å². The van der Waals surface area contributed by atoms with E-state index in [1.807, 2.05) is 31.2 Å². The standard InChI is InChI=1S/C11H15NO/c1-8-5-3-4-6-10(8)7-11(12)9(2)13/h3-6,11H,7,12H2,1-2H3/t11-/m0/s1. The number of nitrogens with two attached hydrogens (primary N) is 1. The highest BCUT2D eigenvalue weighted by Crippen LogP contribution is 2.09. The van der Waals surface area contributed by atoms with Gasteiger partial charge in [0.1, 0.15) is 5.78 Å². The molecule has 2 nitrogen and oxygen atoms in total. The Kier molecular flexibility index (Phi) is 3.20. The quantitative estimate of drug-likeness (QED) is 0.759. The molecule has 1 aromatic rings. The first-order valence-corrected chi connectivity index (χ1v) is 4.42. The molecule has 0 saturated carbocycles. The molecule has 1 atom stereocenters. The van der Waals surface area contributed by atoms with Gasteiger partial charge in [-0.15, -0.1) is 0 Å². The number of ketones is 1. The predicted octanol–water partition coefficient (Wildman–Crippen LogP) is 1.45. The lowest BCUT2D eigenvalue weighted by Gasteiger charge is -2.09. The Morgan fingerprint density at radius 3 is 2.62 bits per heavy atom. The molecule has 0 aliphatic rings. The van der Waals surface area contributed by atoms with Crippen molar-refractivity contribution in [2.75, 3.05) is 0 Å². The molecule has 2 N–H and O–H groups in total. The fourth-order valence-corrected chi connectivity index (χ4v) is 1.22. The Bertz CT molecular complexity index is 307. The smallest absolute Gasteiger partial charge is 0.146 e. The van der Waals surface area contributed by atoms with E-state index in [0.29, 0.717) is 6.42 Å². The minimum Gasteiger partial charge on any atom is -0.321 e. The summed E-state index contributed by atoms with van der Waals surface area (Å²) in [6.07, 6.45) is 0.641. The molecule has 2 heteroatoms. The van der Waals surface area contributed by atoms with Crippen molar-refractivity contribution in [1.82, 2.24) is 0 Å². The Morgan fingerprint density at radius 2 is 2.08 bits per heavy atom. The highest BCUT2D eigenvalue weighted by Gasteiger charge is 2.09. The molecule has 0 fully saturated rings. The molecule has 0 amide bonds. The number of hydrogen-bond acceptors (Lipinski definition) is 2. The predicted molar refractivity (Wildman–Crippen MR) is 53.5 cm³/mol. The van der Waals surface area contributed by atoms with E-state index in [0.717, 1.165) is 5.56 Å². The van der Waals surface area contributed by atoms with Gasteiger partial charge in [0.05, 0.1) is 6.04 Å². The molecular weight excluding hydrogens is 162 g/mol. The van der Waals surface area contributed by atoms with Crippen LogP contribution in [0.25, 0.3) is 0 Å². The van der Waals surface area contributed by atoms with Crippen LogP contribution in [0.2, 0.25) is 0 Å². The zero-order valence-corrected chi connectivity index (χ0v) is 8.08. The third kappa shape index (κ3) is 2.67. The third-order valence-corrected chi connectivity index (χ3v) is 2.22. The number of aryl methyl sites for hydroxylation is 1. The summed E-state index contributed by atoms with van der Waals surface area (Å²) in [4.78, 5) is 10.9. The van der Waals surface area contributed by atoms with E-state index in [9.17, 15) is 4.79 Å². The molecule has 0 radical (unpaired) electrons. The van der Waals surface area contributed by atoms with E-state index in [-0.39, 0.29) is 11.8 Å². The molecule has 70 valence electrons. The Balaban J connectivity index is 2.74. The SMILES string of the molecule is CC(=O)[C@@H](N)Cc1ccccc1C. The third-order valence-electron chi connectivity index (χ3n) is 2.22. The van der Waals surface area contributed by atoms with Crippen LogP contribution in [0.4, 0.5) is 0 Å². The van der Waals surface area contributed by atoms with E-state index < -0.39 is 0 Å². The highest BCUT2D eigenvalue weighted by atomic mass is 16.1. The Morgan fingerprint density at radius 1 is 1.46 bits per heavy atom. The second-order valence-electron chi connectivity index (χ2n) is 3.35. The van der Waals surface area contributed by atoms with Gasteiger partial charge < -0.3 is 5.73 Å². The van der Waals surface area contributed by atoms with E-state index in [1.54, 1.807) is 0 Å². The van der Waals surface area contributed by atoms with Crippen molar-refractivity contribution in [3.63, 3.8) is 0 Å². The summed E-state index contributed by atoms with van der Waals surface area (Å²) >= 11 is 0. The zero-order chi connectivity index (χ0) is 9.84. The monoisotopic (exact) mass is 177 g/mol. The summed E-state index contributed by atoms with van der Waals surface area (Å²) < 4.78 is 0. The molecule has 0 heterocycles. The first kappa shape index (κ1) is 9.93. The van der Waals surface area contributed by atoms with Gasteiger partial charge in [-0.3, -0.25) is 4.79 Å². The molecule has 1 rings (SSSR count). The topological polar surface area (TPSA) is 43.1 Å². The van der Waals surface area contributed by atoms with E-state index >= 15 is 0 Å². The molecule has 0 spiro atoms. The van der Waals surface area contributed by atoms with Gasteiger partial charge in [0.25, 0.3) is 0 Å². The summed E-state index contributed by atoms with van der Waals surface area (Å²) in [7, 11) is 0. The van der Waals surface area contributed by atoms with Crippen LogP contribution < -0.4 is 5.73 Å². The maximum Gasteiger partial charge on any atom is 0.146 e. The molecule has 1 aromatic carbocycles. The molecule has 0 saturated heterocycles. The molecule has 0 bridgehead atoms. The number of carbonyl (C=O) groups is 1. The van der Waals surface area contributed by atoms with Gasteiger partial charge in [-0.25, -0.2) is 0 Å². The van der Waals surface area contributed by atoms with Gasteiger partial charge in [-0.2, -0.15) is 0 Å². The second-order valence-corrected chi connectivity index (χ2v) is 3.35. The molecule has 0 unspecified atom stereocenters. The maximum atomic E-state index is 10.9. The lowest BCUT2D eigenvalue weighted by Crippen LogP contribution is -2.30. The van der Waals surface area contributed by atoms with Gasteiger partial charge in [-0.1, -0.05) is 24.3 Å². The first-order chi connectivity index (χ1) is 6.11. The van der Waals surface area contributed by atoms with Crippen LogP contribution in [0.15, 0.2) is 24.3 Å². The van der Waals surface area contributed by atoms with E-state index in [4.69, 9.17) is 5.73 Å². The van der Waals surface area contributed by atoms with Gasteiger partial charge >= 0.3 is 0 Å². The highest BCUT2D eigenvalue weighted by molar-refractivity contribution is 5.81. The Hall–Kier alpha value is -1.15. The van der Waals surface area contributed by atoms with Crippen molar-refractivity contribution in [2.45, 2.75) is 26.3 Å². The van der Waals surface area contributed by atoms with Crippen molar-refractivity contribution < 1.29 is 4.79 Å². The van der Waals surface area contributed by atoms with Crippen molar-refractivity contribution in [2.24, 2.45) is 5.73 Å². The Labute approximate surface area is 78.8 Å². The lowest BCUT2D eigenvalue weighted by atomic mass is 10.00. The fraction of sp³-hybridized carbons (Fsp3) is 0.364. The van der Waals surface area contributed by atoms with Gasteiger partial charge in [0.2, 0.25) is 0 Å². The average molecular weight is 177 g/mol. The second kappa shape index (κ2) is 4.19. The van der Waals surface area contributed by atoms with Crippen LogP contribution in [-0.2, 0) is 11.2 Å². The van der Waals surface area contributed by atoms with Crippen molar-refractivity contribution in [3.8, 4) is 0 Å². The normalized spacial score (nSPS) is 12.5. The minimum atomic E-state index is -0.360. The molecular formula is C11H15NO. The summed E-state index contributed by atoms with van der Waals surface area (Å²) in [5.41, 5.74) is 8.02. The van der Waals surface area contributed by atoms with Gasteiger partial charge in [0.15, 0.2) is 0 Å². The summed E-state index contributed by atoms with van der Waals surface area (Å²) in [5.74, 6) is 0.0447.